The van der Waals surface area contributed by atoms with Gasteiger partial charge in [0.05, 0.1) is 12.1 Å². The van der Waals surface area contributed by atoms with Crippen molar-refractivity contribution in [1.29, 1.82) is 0 Å². The number of halogens is 5. The molecular weight excluding hydrogens is 345 g/mol. The highest BCUT2D eigenvalue weighted by molar-refractivity contribution is 6.01. The Morgan fingerprint density at radius 2 is 1.76 bits per heavy atom. The summed E-state index contributed by atoms with van der Waals surface area (Å²) in [6, 6.07) is 9.44. The molecule has 1 atom stereocenters. The second-order valence-electron chi connectivity index (χ2n) is 5.70. The second kappa shape index (κ2) is 6.11. The van der Waals surface area contributed by atoms with Gasteiger partial charge >= 0.3 is 12.0 Å². The minimum Gasteiger partial charge on any atom is -0.350 e. The molecule has 1 aliphatic rings. The highest BCUT2D eigenvalue weighted by atomic mass is 19.4. The smallest absolute Gasteiger partial charge is 0.350 e. The van der Waals surface area contributed by atoms with Gasteiger partial charge in [-0.1, -0.05) is 35.5 Å². The predicted molar refractivity (Wildman–Crippen MR) is 78.8 cm³/mol. The van der Waals surface area contributed by atoms with Crippen molar-refractivity contribution in [3.8, 4) is 0 Å². The maximum absolute atomic E-state index is 13.6. The molecule has 0 radical (unpaired) electrons. The largest absolute Gasteiger partial charge is 0.458 e. The molecule has 1 aliphatic heterocycles. The third-order valence-electron chi connectivity index (χ3n) is 3.85. The molecule has 1 heterocycles. The Morgan fingerprint density at radius 1 is 1.08 bits per heavy atom. The van der Waals surface area contributed by atoms with Gasteiger partial charge in [0.15, 0.2) is 0 Å². The predicted octanol–water partition coefficient (Wildman–Crippen LogP) is 3.93. The normalized spacial score (nSPS) is 20.3. The van der Waals surface area contributed by atoms with Gasteiger partial charge in [0, 0.05) is 12.5 Å². The minimum atomic E-state index is -4.96. The average Bonchev–Trinajstić information content (AvgIpc) is 2.94. The number of rotatable bonds is 3. The van der Waals surface area contributed by atoms with Crippen LogP contribution in [0, 0.1) is 11.6 Å². The second-order valence-corrected chi connectivity index (χ2v) is 5.70. The fourth-order valence-corrected chi connectivity index (χ4v) is 2.43. The van der Waals surface area contributed by atoms with E-state index in [1.54, 1.807) is 12.1 Å². The fourth-order valence-electron chi connectivity index (χ4n) is 2.43. The van der Waals surface area contributed by atoms with E-state index in [1.165, 1.54) is 18.2 Å². The first-order valence-corrected chi connectivity index (χ1v) is 7.25. The molecule has 132 valence electrons. The van der Waals surface area contributed by atoms with Gasteiger partial charge in [0.1, 0.15) is 11.6 Å². The summed E-state index contributed by atoms with van der Waals surface area (Å²) in [5.74, 6) is -4.67. The molecule has 3 nitrogen and oxygen atoms in total. The Balaban J connectivity index is 1.73. The SMILES string of the molecule is OC1(C(F)(F)F)CC(c2ccc(Cc3ccc(F)cc3F)cc2)=NO1. The van der Waals surface area contributed by atoms with Crippen molar-refractivity contribution >= 4 is 5.71 Å². The molecule has 0 aliphatic carbocycles. The van der Waals surface area contributed by atoms with Crippen molar-refractivity contribution in [2.75, 3.05) is 0 Å². The Morgan fingerprint density at radius 3 is 2.32 bits per heavy atom. The molecule has 0 aromatic heterocycles. The Bertz CT molecular complexity index is 817. The summed E-state index contributed by atoms with van der Waals surface area (Å²) in [5, 5.41) is 12.7. The molecule has 0 fully saturated rings. The van der Waals surface area contributed by atoms with Crippen LogP contribution >= 0.6 is 0 Å². The van der Waals surface area contributed by atoms with Crippen molar-refractivity contribution in [2.24, 2.45) is 5.16 Å². The molecular formula is C17H12F5NO2. The summed E-state index contributed by atoms with van der Waals surface area (Å²) < 4.78 is 64.6. The highest BCUT2D eigenvalue weighted by Crippen LogP contribution is 2.38. The van der Waals surface area contributed by atoms with Gasteiger partial charge in [-0.15, -0.1) is 0 Å². The summed E-state index contributed by atoms with van der Waals surface area (Å²) in [4.78, 5) is 4.16. The Hall–Kier alpha value is -2.48. The Kier molecular flexibility index (Phi) is 4.24. The van der Waals surface area contributed by atoms with Gasteiger partial charge in [-0.05, 0) is 22.8 Å². The number of nitrogens with zero attached hydrogens (tertiary/aromatic N) is 1. The molecule has 2 aromatic carbocycles. The lowest BCUT2D eigenvalue weighted by Gasteiger charge is -2.22. The molecule has 3 rings (SSSR count). The van der Waals surface area contributed by atoms with Crippen LogP contribution < -0.4 is 0 Å². The summed E-state index contributed by atoms with van der Waals surface area (Å²) >= 11 is 0. The summed E-state index contributed by atoms with van der Waals surface area (Å²) in [5.41, 5.74) is 1.28. The van der Waals surface area contributed by atoms with E-state index in [0.717, 1.165) is 12.1 Å². The van der Waals surface area contributed by atoms with Crippen molar-refractivity contribution in [1.82, 2.24) is 0 Å². The average molecular weight is 357 g/mol. The first kappa shape index (κ1) is 17.3. The van der Waals surface area contributed by atoms with E-state index in [0.29, 0.717) is 16.7 Å². The number of alkyl halides is 3. The summed E-state index contributed by atoms with van der Waals surface area (Å²) in [6.07, 6.45) is -5.58. The van der Waals surface area contributed by atoms with E-state index in [4.69, 9.17) is 0 Å². The topological polar surface area (TPSA) is 41.8 Å². The van der Waals surface area contributed by atoms with Gasteiger partial charge in [-0.2, -0.15) is 13.2 Å². The van der Waals surface area contributed by atoms with Gasteiger partial charge < -0.3 is 9.94 Å². The number of aliphatic hydroxyl groups is 1. The lowest BCUT2D eigenvalue weighted by atomic mass is 9.99. The number of oxime groups is 1. The quantitative estimate of drug-likeness (QED) is 0.846. The third-order valence-corrected chi connectivity index (χ3v) is 3.85. The maximum Gasteiger partial charge on any atom is 0.458 e. The van der Waals surface area contributed by atoms with Crippen LogP contribution in [-0.4, -0.2) is 22.8 Å². The molecule has 0 amide bonds. The Labute approximate surface area is 139 Å². The standard InChI is InChI=1S/C17H12F5NO2/c18-13-6-5-12(14(19)8-13)7-10-1-3-11(4-2-10)15-9-16(24,25-23-15)17(20,21)22/h1-6,8,24H,7,9H2. The zero-order valence-electron chi connectivity index (χ0n) is 12.6. The van der Waals surface area contributed by atoms with Crippen molar-refractivity contribution in [3.05, 3.63) is 70.8 Å². The molecule has 1 unspecified atom stereocenters. The lowest BCUT2D eigenvalue weighted by Crippen LogP contribution is -2.45. The highest BCUT2D eigenvalue weighted by Gasteiger charge is 2.60. The van der Waals surface area contributed by atoms with Gasteiger partial charge in [-0.3, -0.25) is 0 Å². The first-order chi connectivity index (χ1) is 11.7. The van der Waals surface area contributed by atoms with E-state index in [1.807, 2.05) is 0 Å². The molecule has 0 spiro atoms. The van der Waals surface area contributed by atoms with E-state index >= 15 is 0 Å². The van der Waals surface area contributed by atoms with Crippen LogP contribution in [0.3, 0.4) is 0 Å². The van der Waals surface area contributed by atoms with Crippen LogP contribution in [0.1, 0.15) is 23.1 Å². The van der Waals surface area contributed by atoms with Crippen LogP contribution in [0.15, 0.2) is 47.6 Å². The molecule has 2 aromatic rings. The summed E-state index contributed by atoms with van der Waals surface area (Å²) in [6.45, 7) is 0. The summed E-state index contributed by atoms with van der Waals surface area (Å²) in [7, 11) is 0. The maximum atomic E-state index is 13.6. The van der Waals surface area contributed by atoms with E-state index in [9.17, 15) is 27.1 Å². The van der Waals surface area contributed by atoms with Crippen LogP contribution in [0.4, 0.5) is 22.0 Å². The number of hydrogen-bond donors (Lipinski definition) is 1. The fraction of sp³-hybridized carbons (Fsp3) is 0.235. The van der Waals surface area contributed by atoms with E-state index in [2.05, 4.69) is 9.99 Å². The van der Waals surface area contributed by atoms with Crippen LogP contribution in [0.25, 0.3) is 0 Å². The monoisotopic (exact) mass is 357 g/mol. The van der Waals surface area contributed by atoms with Crippen LogP contribution in [0.5, 0.6) is 0 Å². The molecule has 25 heavy (non-hydrogen) atoms. The minimum absolute atomic E-state index is 0.0423. The molecule has 1 N–H and O–H groups in total. The molecule has 0 saturated heterocycles. The zero-order valence-corrected chi connectivity index (χ0v) is 12.6. The third kappa shape index (κ3) is 3.48. The van der Waals surface area contributed by atoms with Crippen molar-refractivity contribution in [3.63, 3.8) is 0 Å². The van der Waals surface area contributed by atoms with Crippen LogP contribution in [0.2, 0.25) is 0 Å². The van der Waals surface area contributed by atoms with Gasteiger partial charge in [0.2, 0.25) is 0 Å². The van der Waals surface area contributed by atoms with Crippen molar-refractivity contribution in [2.45, 2.75) is 24.8 Å². The zero-order chi connectivity index (χ0) is 18.2. The van der Waals surface area contributed by atoms with Gasteiger partial charge in [-0.25, -0.2) is 8.78 Å². The van der Waals surface area contributed by atoms with E-state index < -0.39 is 30.0 Å². The number of hydrogen-bond acceptors (Lipinski definition) is 3. The molecule has 8 heteroatoms. The lowest BCUT2D eigenvalue weighted by molar-refractivity contribution is -0.355. The molecule has 0 bridgehead atoms. The molecule has 0 saturated carbocycles. The first-order valence-electron chi connectivity index (χ1n) is 7.25. The van der Waals surface area contributed by atoms with Crippen LogP contribution in [-0.2, 0) is 11.3 Å². The van der Waals surface area contributed by atoms with E-state index in [-0.39, 0.29) is 12.1 Å². The van der Waals surface area contributed by atoms with Gasteiger partial charge in [0.25, 0.3) is 0 Å². The van der Waals surface area contributed by atoms with Crippen molar-refractivity contribution < 1.29 is 31.9 Å². The number of benzene rings is 2.